The third kappa shape index (κ3) is 4.38. The second kappa shape index (κ2) is 8.61. The quantitative estimate of drug-likeness (QED) is 0.498. The Morgan fingerprint density at radius 3 is 2.37 bits per heavy atom. The summed E-state index contributed by atoms with van der Waals surface area (Å²) >= 11 is 0. The number of carbonyl (C=O) groups is 1. The summed E-state index contributed by atoms with van der Waals surface area (Å²) in [6.45, 7) is 2.51. The van der Waals surface area contributed by atoms with Crippen molar-refractivity contribution in [2.45, 2.75) is 13.5 Å². The van der Waals surface area contributed by atoms with Crippen LogP contribution < -0.4 is 10.2 Å². The molecule has 0 bridgehead atoms. The number of nitrogens with one attached hydrogen (secondary N) is 1. The van der Waals surface area contributed by atoms with Gasteiger partial charge in [0.1, 0.15) is 0 Å². The van der Waals surface area contributed by atoms with Crippen molar-refractivity contribution in [2.75, 3.05) is 17.3 Å². The molecular weight excluding hydrogens is 376 g/mol. The molecule has 1 amide bonds. The third-order valence-corrected chi connectivity index (χ3v) is 4.75. The highest BCUT2D eigenvalue weighted by Gasteiger charge is 2.13. The predicted octanol–water partition coefficient (Wildman–Crippen LogP) is 4.93. The van der Waals surface area contributed by atoms with Gasteiger partial charge in [-0.25, -0.2) is 0 Å². The largest absolute Gasteiger partial charge is 0.369 e. The number of benzene rings is 3. The highest BCUT2D eigenvalue weighted by Crippen LogP contribution is 2.27. The van der Waals surface area contributed by atoms with Crippen LogP contribution in [0.1, 0.15) is 21.7 Å². The van der Waals surface area contributed by atoms with Gasteiger partial charge in [0.15, 0.2) is 5.82 Å². The first-order valence-electron chi connectivity index (χ1n) is 9.66. The highest BCUT2D eigenvalue weighted by atomic mass is 16.5. The van der Waals surface area contributed by atoms with E-state index in [1.807, 2.05) is 49.5 Å². The van der Waals surface area contributed by atoms with Crippen LogP contribution >= 0.6 is 0 Å². The number of hydrogen-bond acceptors (Lipinski definition) is 5. The summed E-state index contributed by atoms with van der Waals surface area (Å²) in [6.07, 6.45) is 0. The Hall–Kier alpha value is -3.93. The third-order valence-electron chi connectivity index (χ3n) is 4.75. The molecule has 0 spiro atoms. The topological polar surface area (TPSA) is 71.3 Å². The van der Waals surface area contributed by atoms with E-state index in [0.717, 1.165) is 23.5 Å². The van der Waals surface area contributed by atoms with Crippen molar-refractivity contribution in [1.29, 1.82) is 0 Å². The van der Waals surface area contributed by atoms with Gasteiger partial charge >= 0.3 is 0 Å². The van der Waals surface area contributed by atoms with Gasteiger partial charge in [-0.1, -0.05) is 47.6 Å². The van der Waals surface area contributed by atoms with E-state index in [1.54, 1.807) is 31.2 Å². The number of carbonyl (C=O) groups excluding carboxylic acids is 1. The smallest absolute Gasteiger partial charge is 0.257 e. The van der Waals surface area contributed by atoms with Crippen molar-refractivity contribution in [3.05, 3.63) is 95.8 Å². The fourth-order valence-electron chi connectivity index (χ4n) is 3.23. The molecule has 0 aliphatic heterocycles. The molecule has 150 valence electrons. The van der Waals surface area contributed by atoms with Gasteiger partial charge in [-0.05, 0) is 48.9 Å². The van der Waals surface area contributed by atoms with Crippen LogP contribution in [-0.4, -0.2) is 23.1 Å². The van der Waals surface area contributed by atoms with Crippen molar-refractivity contribution in [3.63, 3.8) is 0 Å². The van der Waals surface area contributed by atoms with Gasteiger partial charge in [0, 0.05) is 24.7 Å². The van der Waals surface area contributed by atoms with E-state index >= 15 is 0 Å². The summed E-state index contributed by atoms with van der Waals surface area (Å²) in [5.41, 5.74) is 4.24. The van der Waals surface area contributed by atoms with Gasteiger partial charge in [0.25, 0.3) is 11.8 Å². The van der Waals surface area contributed by atoms with Crippen molar-refractivity contribution in [2.24, 2.45) is 0 Å². The van der Waals surface area contributed by atoms with E-state index in [9.17, 15) is 4.79 Å². The maximum atomic E-state index is 12.8. The fraction of sp³-hybridized carbons (Fsp3) is 0.125. The molecule has 6 nitrogen and oxygen atoms in total. The lowest BCUT2D eigenvalue weighted by Crippen LogP contribution is -2.20. The second-order valence-electron chi connectivity index (χ2n) is 7.04. The van der Waals surface area contributed by atoms with Crippen molar-refractivity contribution < 1.29 is 9.32 Å². The molecule has 4 rings (SSSR count). The van der Waals surface area contributed by atoms with E-state index in [1.165, 1.54) is 5.56 Å². The zero-order valence-electron chi connectivity index (χ0n) is 16.9. The van der Waals surface area contributed by atoms with Gasteiger partial charge in [-0.15, -0.1) is 0 Å². The lowest BCUT2D eigenvalue weighted by atomic mass is 10.1. The molecule has 0 aliphatic rings. The van der Waals surface area contributed by atoms with Gasteiger partial charge in [0.2, 0.25) is 0 Å². The number of nitrogens with zero attached hydrogens (tertiary/aromatic N) is 3. The minimum atomic E-state index is -0.177. The van der Waals surface area contributed by atoms with E-state index in [0.29, 0.717) is 17.3 Å². The highest BCUT2D eigenvalue weighted by molar-refractivity contribution is 6.06. The molecule has 0 unspecified atom stereocenters. The Kier molecular flexibility index (Phi) is 5.57. The summed E-state index contributed by atoms with van der Waals surface area (Å²) < 4.78 is 5.17. The molecule has 30 heavy (non-hydrogen) atoms. The number of rotatable bonds is 6. The van der Waals surface area contributed by atoms with Gasteiger partial charge in [-0.2, -0.15) is 4.98 Å². The summed E-state index contributed by atoms with van der Waals surface area (Å²) in [6, 6.07) is 25.1. The average molecular weight is 398 g/mol. The molecule has 0 radical (unpaired) electrons. The number of amides is 1. The minimum Gasteiger partial charge on any atom is -0.369 e. The van der Waals surface area contributed by atoms with Gasteiger partial charge in [-0.3, -0.25) is 4.79 Å². The number of anilines is 2. The first-order chi connectivity index (χ1) is 14.6. The van der Waals surface area contributed by atoms with Crippen LogP contribution in [0, 0.1) is 6.92 Å². The van der Waals surface area contributed by atoms with Crippen LogP contribution in [-0.2, 0) is 6.54 Å². The Bertz CT molecular complexity index is 1140. The van der Waals surface area contributed by atoms with Crippen LogP contribution in [0.2, 0.25) is 0 Å². The maximum Gasteiger partial charge on any atom is 0.257 e. The second-order valence-corrected chi connectivity index (χ2v) is 7.04. The lowest BCUT2D eigenvalue weighted by molar-refractivity contribution is 0.102. The molecule has 6 heteroatoms. The standard InChI is InChI=1S/C24H22N4O2/c1-17-25-24(30-27-17)20-14-12-19(13-15-20)23(29)26-21-10-6-7-11-22(21)28(2)16-18-8-4-3-5-9-18/h3-15H,16H2,1-2H3,(H,26,29). The summed E-state index contributed by atoms with van der Waals surface area (Å²) in [5, 5.41) is 6.82. The van der Waals surface area contributed by atoms with Crippen molar-refractivity contribution >= 4 is 17.3 Å². The molecule has 0 saturated carbocycles. The molecule has 1 aromatic heterocycles. The van der Waals surface area contributed by atoms with E-state index in [-0.39, 0.29) is 5.91 Å². The average Bonchev–Trinajstić information content (AvgIpc) is 3.21. The zero-order valence-corrected chi connectivity index (χ0v) is 16.9. The molecule has 0 saturated heterocycles. The molecular formula is C24H22N4O2. The van der Waals surface area contributed by atoms with Gasteiger partial charge < -0.3 is 14.7 Å². The van der Waals surface area contributed by atoms with Crippen LogP contribution in [0.5, 0.6) is 0 Å². The minimum absolute atomic E-state index is 0.177. The van der Waals surface area contributed by atoms with E-state index in [2.05, 4.69) is 32.5 Å². The Morgan fingerprint density at radius 2 is 1.67 bits per heavy atom. The maximum absolute atomic E-state index is 12.8. The molecule has 4 aromatic rings. The molecule has 1 N–H and O–H groups in total. The number of aromatic nitrogens is 2. The van der Waals surface area contributed by atoms with Crippen LogP contribution in [0.3, 0.4) is 0 Å². The molecule has 0 atom stereocenters. The van der Waals surface area contributed by atoms with Gasteiger partial charge in [0.05, 0.1) is 11.4 Å². The van der Waals surface area contributed by atoms with E-state index in [4.69, 9.17) is 4.52 Å². The summed E-state index contributed by atoms with van der Waals surface area (Å²) in [4.78, 5) is 19.1. The lowest BCUT2D eigenvalue weighted by Gasteiger charge is -2.23. The first-order valence-corrected chi connectivity index (χ1v) is 9.66. The Labute approximate surface area is 175 Å². The number of hydrogen-bond donors (Lipinski definition) is 1. The summed E-state index contributed by atoms with van der Waals surface area (Å²) in [5.74, 6) is 0.833. The summed E-state index contributed by atoms with van der Waals surface area (Å²) in [7, 11) is 2.01. The fourth-order valence-corrected chi connectivity index (χ4v) is 3.23. The Morgan fingerprint density at radius 1 is 0.967 bits per heavy atom. The van der Waals surface area contributed by atoms with Crippen molar-refractivity contribution in [1.82, 2.24) is 10.1 Å². The first kappa shape index (κ1) is 19.4. The molecule has 0 aliphatic carbocycles. The normalized spacial score (nSPS) is 10.6. The number of aryl methyl sites for hydroxylation is 1. The predicted molar refractivity (Wildman–Crippen MR) is 117 cm³/mol. The number of para-hydroxylation sites is 2. The van der Waals surface area contributed by atoms with Crippen LogP contribution in [0.15, 0.2) is 83.4 Å². The van der Waals surface area contributed by atoms with E-state index < -0.39 is 0 Å². The molecule has 1 heterocycles. The molecule has 0 fully saturated rings. The van der Waals surface area contributed by atoms with Crippen molar-refractivity contribution in [3.8, 4) is 11.5 Å². The SMILES string of the molecule is Cc1noc(-c2ccc(C(=O)Nc3ccccc3N(C)Cc3ccccc3)cc2)n1. The van der Waals surface area contributed by atoms with Crippen LogP contribution in [0.4, 0.5) is 11.4 Å². The Balaban J connectivity index is 1.49. The molecule has 3 aromatic carbocycles. The van der Waals surface area contributed by atoms with Crippen LogP contribution in [0.25, 0.3) is 11.5 Å². The zero-order chi connectivity index (χ0) is 20.9. The monoisotopic (exact) mass is 398 g/mol.